The van der Waals surface area contributed by atoms with Crippen molar-refractivity contribution in [2.45, 2.75) is 20.8 Å². The molecule has 0 radical (unpaired) electrons. The number of rotatable bonds is 2. The molecule has 0 unspecified atom stereocenters. The number of sulfonamides is 1. The molecule has 0 bridgehead atoms. The van der Waals surface area contributed by atoms with Gasteiger partial charge in [-0.15, -0.1) is 23.7 Å². The van der Waals surface area contributed by atoms with Crippen LogP contribution in [-0.4, -0.2) is 35.3 Å². The fourth-order valence-corrected chi connectivity index (χ4v) is 1.26. The molecule has 0 saturated heterocycles. The van der Waals surface area contributed by atoms with Crippen molar-refractivity contribution >= 4 is 47.6 Å². The number of alkyl halides is 1. The molecule has 0 aromatic carbocycles. The van der Waals surface area contributed by atoms with Crippen molar-refractivity contribution in [1.29, 1.82) is 0 Å². The topological polar surface area (TPSA) is 182 Å². The Morgan fingerprint density at radius 3 is 1.29 bits per heavy atom. The van der Waals surface area contributed by atoms with Gasteiger partial charge in [0.2, 0.25) is 10.0 Å². The van der Waals surface area contributed by atoms with E-state index in [1.807, 2.05) is 6.92 Å². The van der Waals surface area contributed by atoms with Crippen molar-refractivity contribution in [3.05, 3.63) is 0 Å². The average molecular weight is 549 g/mol. The molecule has 3 N–H and O–H groups in total. The quantitative estimate of drug-likeness (QED) is 0.0880. The van der Waals surface area contributed by atoms with Crippen molar-refractivity contribution in [3.63, 3.8) is 0 Å². The smallest absolute Gasteiger partial charge is 0.917 e. The van der Waals surface area contributed by atoms with Gasteiger partial charge in [0, 0.05) is 0 Å². The molecule has 0 aliphatic carbocycles. The summed E-state index contributed by atoms with van der Waals surface area (Å²) in [5.74, 6) is 14.8. The third-order valence-corrected chi connectivity index (χ3v) is 2.27. The third kappa shape index (κ3) is 121. The van der Waals surface area contributed by atoms with Crippen LogP contribution in [0.25, 0.3) is 0 Å². The van der Waals surface area contributed by atoms with Gasteiger partial charge in [-0.2, -0.15) is 11.0 Å². The van der Waals surface area contributed by atoms with Crippen LogP contribution in [0.3, 0.4) is 0 Å². The monoisotopic (exact) mass is 548 g/mol. The zero-order valence-electron chi connectivity index (χ0n) is 16.6. The van der Waals surface area contributed by atoms with Crippen LogP contribution in [0, 0.1) is 35.5 Å². The van der Waals surface area contributed by atoms with E-state index in [0.717, 1.165) is 5.33 Å². The molecule has 0 rings (SSSR count). The van der Waals surface area contributed by atoms with E-state index in [2.05, 4.69) is 56.6 Å². The minimum Gasteiger partial charge on any atom is -0.917 e. The second kappa shape index (κ2) is 42.9. The molecule has 0 aliphatic rings. The summed E-state index contributed by atoms with van der Waals surface area (Å²) in [6.45, 7) is 4.99. The standard InChI is InChI=1S/C4H5Br.C4H7NO2S.C4H5O2S.3Na.O3S.H2O/c1-2-3-4-5;1-2-3-4-8(5,6)7;1-2-3-4-7(5)6;;;;1-4(2)3;/h4H2,1H3;4H2,1H3,(H2,5,6,7);4H2,1H3;;;;;1H2/q;;-1;3*+1;-2;/p-1. The van der Waals surface area contributed by atoms with Crippen LogP contribution in [0.4, 0.5) is 0 Å². The van der Waals surface area contributed by atoms with Gasteiger partial charge in [-0.25, -0.2) is 13.6 Å². The Morgan fingerprint density at radius 2 is 1.21 bits per heavy atom. The van der Waals surface area contributed by atoms with Crippen LogP contribution < -0.4 is 93.8 Å². The van der Waals surface area contributed by atoms with E-state index in [9.17, 15) is 16.8 Å². The molecule has 0 spiro atoms. The van der Waals surface area contributed by atoms with Gasteiger partial charge in [0.05, 0.1) is 5.33 Å². The Kier molecular flexibility index (Phi) is 79.7. The maximum Gasteiger partial charge on any atom is 1.00 e. The SMILES string of the molecule is CC#CCBr.CC#CCS(N)(=O)=O.CC#CC[S-](=O)=O.O=[S-](=O)[O-].[Na+].[Na+].[Na+].[OH-]. The maximum atomic E-state index is 10.1. The summed E-state index contributed by atoms with van der Waals surface area (Å²) in [6, 6.07) is 0. The van der Waals surface area contributed by atoms with Gasteiger partial charge >= 0.3 is 88.7 Å². The Bertz CT molecular complexity index is 736. The average Bonchev–Trinajstić information content (AvgIpc) is 2.43. The zero-order valence-corrected chi connectivity index (χ0v) is 26.6. The number of halogens is 1. The summed E-state index contributed by atoms with van der Waals surface area (Å²) in [7, 11) is -8.46. The van der Waals surface area contributed by atoms with Gasteiger partial charge in [-0.1, -0.05) is 38.5 Å². The van der Waals surface area contributed by atoms with Crippen molar-refractivity contribution in [2.24, 2.45) is 5.14 Å². The molecule has 0 amide bonds. The largest absolute Gasteiger partial charge is 1.00 e. The van der Waals surface area contributed by atoms with Gasteiger partial charge < -0.3 is 26.9 Å². The molecule has 148 valence electrons. The number of nitrogens with two attached hydrogens (primary N) is 1. The molecule has 0 saturated carbocycles. The Balaban J connectivity index is -0.0000000312. The minimum atomic E-state index is -3.36. The van der Waals surface area contributed by atoms with E-state index < -0.39 is 31.7 Å². The normalized spacial score (nSPS) is 6.86. The van der Waals surface area contributed by atoms with Crippen LogP contribution in [0.5, 0.6) is 0 Å². The summed E-state index contributed by atoms with van der Waals surface area (Å²) in [5, 5.41) is 5.39. The summed E-state index contributed by atoms with van der Waals surface area (Å²) in [5.41, 5.74) is 0. The van der Waals surface area contributed by atoms with Crippen LogP contribution in [0.2, 0.25) is 0 Å². The van der Waals surface area contributed by atoms with Gasteiger partial charge in [0.25, 0.3) is 0 Å². The van der Waals surface area contributed by atoms with Gasteiger partial charge in [0.15, 0.2) is 0 Å². The van der Waals surface area contributed by atoms with Crippen molar-refractivity contribution in [1.82, 2.24) is 0 Å². The first-order valence-electron chi connectivity index (χ1n) is 5.56. The van der Waals surface area contributed by atoms with E-state index in [4.69, 9.17) is 13.0 Å². The van der Waals surface area contributed by atoms with E-state index in [1.165, 1.54) is 0 Å². The first-order chi connectivity index (χ1) is 11.0. The van der Waals surface area contributed by atoms with E-state index >= 15 is 0 Å². The molecule has 9 nitrogen and oxygen atoms in total. The first kappa shape index (κ1) is 52.1. The Labute approximate surface area is 246 Å². The maximum absolute atomic E-state index is 10.1. The number of primary sulfonamides is 1. The molecular formula is C12H18BrNNa3O8S3-. The molecule has 0 heterocycles. The van der Waals surface area contributed by atoms with Crippen molar-refractivity contribution in [2.75, 3.05) is 16.8 Å². The van der Waals surface area contributed by atoms with Crippen LogP contribution in [0.1, 0.15) is 20.8 Å². The summed E-state index contributed by atoms with van der Waals surface area (Å²) in [4.78, 5) is 0. The Hall–Kier alpha value is 1.89. The van der Waals surface area contributed by atoms with Crippen LogP contribution in [0.15, 0.2) is 0 Å². The summed E-state index contributed by atoms with van der Waals surface area (Å²) < 4.78 is 64.8. The van der Waals surface area contributed by atoms with Crippen molar-refractivity contribution < 1.29 is 124 Å². The second-order valence-electron chi connectivity index (χ2n) is 2.87. The van der Waals surface area contributed by atoms with E-state index in [0.29, 0.717) is 0 Å². The molecule has 0 aromatic heterocycles. The fourth-order valence-electron chi connectivity index (χ4n) is 0.371. The molecule has 28 heavy (non-hydrogen) atoms. The third-order valence-electron chi connectivity index (χ3n) is 1.06. The second-order valence-corrected chi connectivity index (χ2v) is 6.35. The zero-order chi connectivity index (χ0) is 20.0. The predicted octanol–water partition coefficient (Wildman–Crippen LogP) is -8.72. The Morgan fingerprint density at radius 1 is 0.893 bits per heavy atom. The molecule has 0 aliphatic heterocycles. The molecule has 0 fully saturated rings. The van der Waals surface area contributed by atoms with Gasteiger partial charge in [-0.05, 0) is 26.5 Å². The van der Waals surface area contributed by atoms with Crippen molar-refractivity contribution in [3.8, 4) is 35.5 Å². The summed E-state index contributed by atoms with van der Waals surface area (Å²) in [6.07, 6.45) is 0. The predicted molar refractivity (Wildman–Crippen MR) is 97.2 cm³/mol. The van der Waals surface area contributed by atoms with Crippen LogP contribution in [-0.2, 0) is 48.5 Å². The number of hydrogen-bond donors (Lipinski definition) is 1. The van der Waals surface area contributed by atoms with E-state index in [1.54, 1.807) is 13.8 Å². The summed E-state index contributed by atoms with van der Waals surface area (Å²) >= 11 is 3.14. The van der Waals surface area contributed by atoms with Crippen LogP contribution >= 0.6 is 15.9 Å². The minimum absolute atomic E-state index is 0. The van der Waals surface area contributed by atoms with Gasteiger partial charge in [-0.3, -0.25) is 0 Å². The molecule has 0 atom stereocenters. The van der Waals surface area contributed by atoms with E-state index in [-0.39, 0.29) is 106 Å². The first-order valence-corrected chi connectivity index (χ1v) is 10.6. The van der Waals surface area contributed by atoms with Gasteiger partial charge in [0.1, 0.15) is 5.75 Å². The fraction of sp³-hybridized carbons (Fsp3) is 0.500. The molecule has 16 heteroatoms. The number of hydrogen-bond acceptors (Lipinski definition) is 10. The molecule has 0 aromatic rings. The molecular weight excluding hydrogens is 531 g/mol.